The molecule has 77 heavy (non-hydrogen) atoms. The van der Waals surface area contributed by atoms with Gasteiger partial charge in [0.2, 0.25) is 11.8 Å². The molecule has 1 spiro atoms. The number of para-hydroxylation sites is 1. The van der Waals surface area contributed by atoms with Crippen LogP contribution in [0.1, 0.15) is 96.8 Å². The van der Waals surface area contributed by atoms with E-state index < -0.39 is 41.5 Å². The van der Waals surface area contributed by atoms with E-state index in [-0.39, 0.29) is 41.3 Å². The summed E-state index contributed by atoms with van der Waals surface area (Å²) in [5.74, 6) is -2.79. The number of likely N-dealkylation sites (tertiary alicyclic amines) is 1. The predicted octanol–water partition coefficient (Wildman–Crippen LogP) is 7.41. The van der Waals surface area contributed by atoms with Crippen molar-refractivity contribution in [2.75, 3.05) is 80.6 Å². The number of aromatic carboxylic acids is 1. The molecule has 1 unspecified atom stereocenters. The first-order chi connectivity index (χ1) is 37.3. The van der Waals surface area contributed by atoms with Gasteiger partial charge in [0.25, 0.3) is 17.7 Å². The molecule has 1 atom stereocenters. The van der Waals surface area contributed by atoms with E-state index >= 15 is 4.39 Å². The number of carbonyl (C=O) groups is 6. The van der Waals surface area contributed by atoms with Crippen molar-refractivity contribution in [1.82, 2.24) is 30.0 Å². The monoisotopic (exact) mass is 1060 g/mol. The Bertz CT molecular complexity index is 3360. The van der Waals surface area contributed by atoms with E-state index in [4.69, 9.17) is 9.72 Å². The predicted molar refractivity (Wildman–Crippen MR) is 288 cm³/mol. The zero-order valence-corrected chi connectivity index (χ0v) is 43.5. The van der Waals surface area contributed by atoms with Crippen LogP contribution >= 0.6 is 11.3 Å². The smallest absolute Gasteiger partial charge is 0.355 e. The van der Waals surface area contributed by atoms with E-state index in [9.17, 15) is 33.9 Å². The fourth-order valence-corrected chi connectivity index (χ4v) is 13.4. The number of rotatable bonds is 13. The number of piperazine rings is 1. The lowest BCUT2D eigenvalue weighted by molar-refractivity contribution is -0.136. The Morgan fingerprint density at radius 1 is 0.805 bits per heavy atom. The largest absolute Gasteiger partial charge is 0.493 e. The summed E-state index contributed by atoms with van der Waals surface area (Å²) in [7, 11) is 0. The van der Waals surface area contributed by atoms with Gasteiger partial charge >= 0.3 is 5.97 Å². The second kappa shape index (κ2) is 20.4. The van der Waals surface area contributed by atoms with Gasteiger partial charge in [-0.15, -0.1) is 0 Å². The van der Waals surface area contributed by atoms with Crippen molar-refractivity contribution in [3.05, 3.63) is 130 Å². The fraction of sp³-hybridized carbons (Fsp3) is 0.379. The number of nitrogens with zero attached hydrogens (tertiary/aromatic N) is 7. The molecule has 2 aromatic heterocycles. The minimum absolute atomic E-state index is 0.0133. The van der Waals surface area contributed by atoms with Gasteiger partial charge in [-0.05, 0) is 141 Å². The van der Waals surface area contributed by atoms with Crippen molar-refractivity contribution in [2.24, 2.45) is 11.3 Å². The SMILES string of the molecule is Cc1c(OCC2CC3(CCN(CCN4CCN(c5cc6c(cc5F)C(=O)N(C5CCC(=O)NC5=O)C6=O)CC4)CC3)C2)cccc1-c1ccc(N2CCc3cccc(C(=O)Nc4nc5ccccc5s4)c3C2)nc1C(=O)O. The molecule has 0 bridgehead atoms. The lowest BCUT2D eigenvalue weighted by Crippen LogP contribution is -2.54. The molecule has 12 rings (SSSR count). The Morgan fingerprint density at radius 3 is 2.30 bits per heavy atom. The number of anilines is 3. The van der Waals surface area contributed by atoms with Crippen LogP contribution in [0.5, 0.6) is 5.75 Å². The molecule has 17 nitrogen and oxygen atoms in total. The molecule has 4 fully saturated rings. The molecule has 1 aliphatic carbocycles. The van der Waals surface area contributed by atoms with Crippen LogP contribution in [0.4, 0.5) is 21.0 Å². The van der Waals surface area contributed by atoms with Gasteiger partial charge in [-0.25, -0.2) is 19.2 Å². The van der Waals surface area contributed by atoms with E-state index in [0.717, 1.165) is 114 Å². The van der Waals surface area contributed by atoms with E-state index in [2.05, 4.69) is 25.4 Å². The van der Waals surface area contributed by atoms with Crippen molar-refractivity contribution < 1.29 is 43.0 Å². The number of amides is 5. The lowest BCUT2D eigenvalue weighted by atomic mass is 9.58. The Kier molecular flexibility index (Phi) is 13.3. The van der Waals surface area contributed by atoms with Crippen LogP contribution in [0, 0.1) is 24.1 Å². The second-order valence-electron chi connectivity index (χ2n) is 21.4. The number of hydrogen-bond acceptors (Lipinski definition) is 14. The molecule has 6 aromatic rings. The van der Waals surface area contributed by atoms with Crippen LogP contribution < -0.4 is 25.2 Å². The topological polar surface area (TPSA) is 198 Å². The highest BCUT2D eigenvalue weighted by Crippen LogP contribution is 2.53. The average molecular weight is 1060 g/mol. The second-order valence-corrected chi connectivity index (χ2v) is 22.4. The van der Waals surface area contributed by atoms with Crippen molar-refractivity contribution >= 4 is 73.7 Å². The maximum atomic E-state index is 15.5. The Balaban J connectivity index is 0.608. The number of ether oxygens (including phenoxy) is 1. The number of pyridine rings is 1. The summed E-state index contributed by atoms with van der Waals surface area (Å²) in [4.78, 5) is 96.3. The highest BCUT2D eigenvalue weighted by atomic mass is 32.1. The van der Waals surface area contributed by atoms with E-state index in [1.54, 1.807) is 0 Å². The number of nitrogens with one attached hydrogen (secondary N) is 2. The molecular formula is C58H58FN9O8S. The summed E-state index contributed by atoms with van der Waals surface area (Å²) in [5, 5.41) is 16.2. The van der Waals surface area contributed by atoms with Crippen LogP contribution in [-0.2, 0) is 22.6 Å². The molecular weight excluding hydrogens is 1000 g/mol. The maximum absolute atomic E-state index is 15.5. The number of hydrogen-bond donors (Lipinski definition) is 3. The van der Waals surface area contributed by atoms with Crippen molar-refractivity contribution in [2.45, 2.75) is 64.5 Å². The van der Waals surface area contributed by atoms with Crippen molar-refractivity contribution in [1.29, 1.82) is 0 Å². The normalized spacial score (nSPS) is 19.8. The van der Waals surface area contributed by atoms with Crippen molar-refractivity contribution in [3.63, 3.8) is 0 Å². The van der Waals surface area contributed by atoms with E-state index in [1.165, 1.54) is 17.4 Å². The average Bonchev–Trinajstić information content (AvgIpc) is 3.99. The van der Waals surface area contributed by atoms with Gasteiger partial charge in [0.15, 0.2) is 10.8 Å². The maximum Gasteiger partial charge on any atom is 0.355 e. The third-order valence-electron chi connectivity index (χ3n) is 16.8. The molecule has 7 heterocycles. The van der Waals surface area contributed by atoms with E-state index in [1.807, 2.05) is 89.5 Å². The lowest BCUT2D eigenvalue weighted by Gasteiger charge is -2.52. The minimum atomic E-state index is -1.12. The molecule has 0 radical (unpaired) electrons. The summed E-state index contributed by atoms with van der Waals surface area (Å²) in [6.45, 7) is 10.1. The van der Waals surface area contributed by atoms with Crippen molar-refractivity contribution in [3.8, 4) is 16.9 Å². The zero-order valence-electron chi connectivity index (χ0n) is 42.7. The number of halogens is 1. The molecule has 6 aliphatic rings. The number of carboxylic acids is 1. The Morgan fingerprint density at radius 2 is 1.55 bits per heavy atom. The number of carbonyl (C=O) groups excluding carboxylic acids is 5. The van der Waals surface area contributed by atoms with Crippen LogP contribution in [0.2, 0.25) is 0 Å². The van der Waals surface area contributed by atoms with Gasteiger partial charge in [0.1, 0.15) is 23.4 Å². The van der Waals surface area contributed by atoms with Crippen LogP contribution in [0.3, 0.4) is 0 Å². The zero-order chi connectivity index (χ0) is 53.1. The number of benzene rings is 4. The number of thiazole rings is 1. The number of piperidine rings is 2. The molecule has 396 valence electrons. The molecule has 3 N–H and O–H groups in total. The fourth-order valence-electron chi connectivity index (χ4n) is 12.5. The quantitative estimate of drug-likeness (QED) is 0.0967. The third-order valence-corrected chi connectivity index (χ3v) is 17.8. The molecule has 5 amide bonds. The highest BCUT2D eigenvalue weighted by molar-refractivity contribution is 7.22. The summed E-state index contributed by atoms with van der Waals surface area (Å²) in [6, 6.07) is 24.4. The molecule has 3 saturated heterocycles. The highest BCUT2D eigenvalue weighted by Gasteiger charge is 2.47. The molecule has 4 aromatic carbocycles. The molecule has 1 saturated carbocycles. The van der Waals surface area contributed by atoms with Gasteiger partial charge in [-0.1, -0.05) is 47.7 Å². The third kappa shape index (κ3) is 9.69. The first-order valence-electron chi connectivity index (χ1n) is 26.5. The van der Waals surface area contributed by atoms with Gasteiger partial charge in [0.05, 0.1) is 33.6 Å². The minimum Gasteiger partial charge on any atom is -0.493 e. The first kappa shape index (κ1) is 50.2. The standard InChI is InChI=1S/C58H58FN9O8S/c1-34-37(38-12-14-49(61-51(38)56(74)75)67-19-16-36-6-4-8-39(42(36)32-67)52(70)63-57-60-44-9-2-3-11-48(44)77-57)7-5-10-47(34)76-33-35-30-58(31-35)17-20-64(21-18-58)22-23-65-24-26-66(27-25-65)46-29-41-40(28-43(46)59)54(72)68(55(41)73)45-13-15-50(69)62-53(45)71/h2-12,14,28-29,35,45H,13,15-27,30-33H2,1H3,(H,74,75)(H,60,63,70)(H,62,69,71). The van der Waals surface area contributed by atoms with Crippen LogP contribution in [-0.4, -0.2) is 137 Å². The Hall–Kier alpha value is -7.61. The number of fused-ring (bicyclic) bond motifs is 3. The summed E-state index contributed by atoms with van der Waals surface area (Å²) >= 11 is 1.43. The Labute approximate surface area is 448 Å². The van der Waals surface area contributed by atoms with Crippen LogP contribution in [0.25, 0.3) is 21.3 Å². The first-order valence-corrected chi connectivity index (χ1v) is 27.3. The van der Waals surface area contributed by atoms with Gasteiger partial charge in [0, 0.05) is 69.9 Å². The number of carboxylic acid groups (broad SMARTS) is 1. The summed E-state index contributed by atoms with van der Waals surface area (Å²) in [6.07, 6.45) is 5.22. The van der Waals surface area contributed by atoms with Crippen LogP contribution in [0.15, 0.2) is 84.9 Å². The van der Waals surface area contributed by atoms with E-state index in [0.29, 0.717) is 72.6 Å². The van der Waals surface area contributed by atoms with Gasteiger partial charge in [-0.2, -0.15) is 0 Å². The molecule has 5 aliphatic heterocycles. The summed E-state index contributed by atoms with van der Waals surface area (Å²) < 4.78 is 23.0. The number of imide groups is 2. The van der Waals surface area contributed by atoms with Gasteiger partial charge in [-0.3, -0.25) is 44.4 Å². The summed E-state index contributed by atoms with van der Waals surface area (Å²) in [5.41, 5.74) is 6.01. The number of aromatic nitrogens is 2. The molecule has 19 heteroatoms. The van der Waals surface area contributed by atoms with Gasteiger partial charge < -0.3 is 24.5 Å².